The second-order valence-corrected chi connectivity index (χ2v) is 8.67. The highest BCUT2D eigenvalue weighted by atomic mass is 79.9. The molecule has 2 aromatic rings. The Hall–Kier alpha value is -3.38. The predicted molar refractivity (Wildman–Crippen MR) is 127 cm³/mol. The van der Waals surface area contributed by atoms with Crippen molar-refractivity contribution in [3.63, 3.8) is 0 Å². The normalized spacial score (nSPS) is 14.4. The van der Waals surface area contributed by atoms with Crippen molar-refractivity contribution < 1.29 is 33.5 Å². The minimum atomic E-state index is -0.666. The van der Waals surface area contributed by atoms with Gasteiger partial charge in [0.05, 0.1) is 28.0 Å². The number of halogens is 1. The van der Waals surface area contributed by atoms with Crippen molar-refractivity contribution in [1.29, 1.82) is 0 Å². The van der Waals surface area contributed by atoms with Gasteiger partial charge in [-0.3, -0.25) is 29.4 Å². The lowest BCUT2D eigenvalue weighted by molar-refractivity contribution is -0.384. The molecular weight excluding hydrogens is 532 g/mol. The Morgan fingerprint density at radius 2 is 2.03 bits per heavy atom. The van der Waals surface area contributed by atoms with Crippen LogP contribution in [0.15, 0.2) is 45.8 Å². The van der Waals surface area contributed by atoms with Crippen LogP contribution in [0.25, 0.3) is 6.08 Å². The summed E-state index contributed by atoms with van der Waals surface area (Å²) in [5.74, 6) is -0.553. The summed E-state index contributed by atoms with van der Waals surface area (Å²) in [5, 5.41) is 10.4. The molecule has 1 fully saturated rings. The lowest BCUT2D eigenvalue weighted by atomic mass is 10.1. The number of hydrogen-bond donors (Lipinski definition) is 0. The average Bonchev–Trinajstić information content (AvgIpc) is 3.05. The molecule has 2 amide bonds. The maximum Gasteiger partial charge on any atom is 0.326 e. The Morgan fingerprint density at radius 3 is 2.71 bits per heavy atom. The summed E-state index contributed by atoms with van der Waals surface area (Å²) in [6.07, 6.45) is 1.51. The molecule has 34 heavy (non-hydrogen) atoms. The van der Waals surface area contributed by atoms with Crippen LogP contribution in [0.5, 0.6) is 11.5 Å². The molecule has 12 heteroatoms. The summed E-state index contributed by atoms with van der Waals surface area (Å²) in [4.78, 5) is 47.9. The smallest absolute Gasteiger partial charge is 0.326 e. The second-order valence-electron chi connectivity index (χ2n) is 6.82. The van der Waals surface area contributed by atoms with Gasteiger partial charge in [0.25, 0.3) is 16.8 Å². The fourth-order valence-electron chi connectivity index (χ4n) is 3.00. The monoisotopic (exact) mass is 550 g/mol. The van der Waals surface area contributed by atoms with Gasteiger partial charge in [-0.05, 0) is 64.0 Å². The highest BCUT2D eigenvalue weighted by molar-refractivity contribution is 9.10. The molecule has 0 spiro atoms. The van der Waals surface area contributed by atoms with Gasteiger partial charge < -0.3 is 14.2 Å². The Balaban J connectivity index is 1.79. The van der Waals surface area contributed by atoms with Crippen LogP contribution in [0, 0.1) is 10.1 Å². The van der Waals surface area contributed by atoms with Crippen molar-refractivity contribution in [2.45, 2.75) is 13.5 Å². The number of nitro groups is 1. The topological polar surface area (TPSA) is 125 Å². The van der Waals surface area contributed by atoms with Gasteiger partial charge in [0.2, 0.25) is 0 Å². The number of carbonyl (C=O) groups excluding carboxylic acids is 3. The number of non-ortho nitro benzene ring substituents is 1. The lowest BCUT2D eigenvalue weighted by Crippen LogP contribution is -2.34. The van der Waals surface area contributed by atoms with Crippen LogP contribution in [-0.4, -0.2) is 47.2 Å². The number of benzene rings is 2. The van der Waals surface area contributed by atoms with E-state index in [-0.39, 0.29) is 23.8 Å². The standard InChI is InChI=1S/C22H19BrN2O8S/c1-3-32-19(26)11-24-21(27)18(34-22(24)28)10-14-8-16(23)20(17(9-14)31-2)33-12-13-5-4-6-15(7-13)25(29)30/h4-10H,3,11-12H2,1-2H3. The summed E-state index contributed by atoms with van der Waals surface area (Å²) in [7, 11) is 1.44. The molecule has 178 valence electrons. The lowest BCUT2D eigenvalue weighted by Gasteiger charge is -2.14. The Kier molecular flexibility index (Phi) is 8.29. The van der Waals surface area contributed by atoms with E-state index in [2.05, 4.69) is 15.9 Å². The van der Waals surface area contributed by atoms with Crippen LogP contribution in [-0.2, 0) is 20.9 Å². The van der Waals surface area contributed by atoms with Crippen molar-refractivity contribution in [2.75, 3.05) is 20.3 Å². The van der Waals surface area contributed by atoms with Crippen LogP contribution < -0.4 is 9.47 Å². The van der Waals surface area contributed by atoms with E-state index in [1.807, 2.05) is 0 Å². The Bertz CT molecular complexity index is 1180. The average molecular weight is 551 g/mol. The summed E-state index contributed by atoms with van der Waals surface area (Å²) in [5.41, 5.74) is 1.11. The van der Waals surface area contributed by atoms with Gasteiger partial charge >= 0.3 is 5.97 Å². The molecule has 2 aromatic carbocycles. The van der Waals surface area contributed by atoms with Gasteiger partial charge in [-0.25, -0.2) is 0 Å². The van der Waals surface area contributed by atoms with Crippen molar-refractivity contribution >= 4 is 56.6 Å². The van der Waals surface area contributed by atoms with Gasteiger partial charge in [-0.1, -0.05) is 12.1 Å². The van der Waals surface area contributed by atoms with Crippen LogP contribution in [0.4, 0.5) is 10.5 Å². The fourth-order valence-corrected chi connectivity index (χ4v) is 4.41. The van der Waals surface area contributed by atoms with Gasteiger partial charge in [-0.15, -0.1) is 0 Å². The number of nitrogens with zero attached hydrogens (tertiary/aromatic N) is 2. The van der Waals surface area contributed by atoms with E-state index in [1.54, 1.807) is 31.2 Å². The van der Waals surface area contributed by atoms with E-state index in [0.29, 0.717) is 27.1 Å². The highest BCUT2D eigenvalue weighted by Crippen LogP contribution is 2.39. The number of rotatable bonds is 9. The SMILES string of the molecule is CCOC(=O)CN1C(=O)SC(=Cc2cc(Br)c(OCc3cccc([N+](=O)[O-])c3)c(OC)c2)C1=O. The molecule has 1 aliphatic heterocycles. The first kappa shape index (κ1) is 25.2. The van der Waals surface area contributed by atoms with E-state index in [1.165, 1.54) is 25.3 Å². The molecular formula is C22H19BrN2O8S. The number of ether oxygens (including phenoxy) is 3. The molecule has 1 heterocycles. The number of carbonyl (C=O) groups is 3. The van der Waals surface area contributed by atoms with Gasteiger partial charge in [0.1, 0.15) is 13.2 Å². The zero-order chi connectivity index (χ0) is 24.8. The van der Waals surface area contributed by atoms with E-state index < -0.39 is 28.6 Å². The third kappa shape index (κ3) is 5.94. The number of esters is 1. The predicted octanol–water partition coefficient (Wildman–Crippen LogP) is 4.54. The zero-order valence-corrected chi connectivity index (χ0v) is 20.5. The molecule has 0 aliphatic carbocycles. The Morgan fingerprint density at radius 1 is 1.26 bits per heavy atom. The van der Waals surface area contributed by atoms with Crippen LogP contribution in [0.1, 0.15) is 18.1 Å². The molecule has 1 saturated heterocycles. The maximum absolute atomic E-state index is 12.6. The van der Waals surface area contributed by atoms with Crippen LogP contribution >= 0.6 is 27.7 Å². The minimum Gasteiger partial charge on any atom is -0.493 e. The van der Waals surface area contributed by atoms with E-state index >= 15 is 0 Å². The van der Waals surface area contributed by atoms with E-state index in [4.69, 9.17) is 14.2 Å². The molecule has 0 atom stereocenters. The van der Waals surface area contributed by atoms with Crippen molar-refractivity contribution in [3.05, 3.63) is 67.0 Å². The van der Waals surface area contributed by atoms with Crippen LogP contribution in [0.3, 0.4) is 0 Å². The van der Waals surface area contributed by atoms with Gasteiger partial charge in [0, 0.05) is 12.1 Å². The van der Waals surface area contributed by atoms with Crippen molar-refractivity contribution in [3.8, 4) is 11.5 Å². The number of methoxy groups -OCH3 is 1. The van der Waals surface area contributed by atoms with Gasteiger partial charge in [-0.2, -0.15) is 0 Å². The fraction of sp³-hybridized carbons (Fsp3) is 0.227. The quantitative estimate of drug-likeness (QED) is 0.191. The second kappa shape index (κ2) is 11.2. The summed E-state index contributed by atoms with van der Waals surface area (Å²) in [6, 6.07) is 9.37. The largest absolute Gasteiger partial charge is 0.493 e. The number of amides is 2. The van der Waals surface area contributed by atoms with E-state index in [0.717, 1.165) is 16.7 Å². The van der Waals surface area contributed by atoms with Crippen molar-refractivity contribution in [2.24, 2.45) is 0 Å². The van der Waals surface area contributed by atoms with Crippen LogP contribution in [0.2, 0.25) is 0 Å². The van der Waals surface area contributed by atoms with E-state index in [9.17, 15) is 24.5 Å². The van der Waals surface area contributed by atoms with Gasteiger partial charge in [0.15, 0.2) is 11.5 Å². The first-order chi connectivity index (χ1) is 16.2. The Labute approximate surface area is 207 Å². The molecule has 3 rings (SSSR count). The highest BCUT2D eigenvalue weighted by Gasteiger charge is 2.36. The third-order valence-electron chi connectivity index (χ3n) is 4.52. The number of hydrogen-bond acceptors (Lipinski definition) is 9. The molecule has 0 radical (unpaired) electrons. The molecule has 0 bridgehead atoms. The molecule has 0 N–H and O–H groups in total. The minimum absolute atomic E-state index is 0.0422. The molecule has 1 aliphatic rings. The molecule has 0 unspecified atom stereocenters. The third-order valence-corrected chi connectivity index (χ3v) is 6.02. The summed E-state index contributed by atoms with van der Waals surface area (Å²) < 4.78 is 16.5. The first-order valence-corrected chi connectivity index (χ1v) is 11.5. The number of thioether (sulfide) groups is 1. The van der Waals surface area contributed by atoms with Crippen molar-refractivity contribution in [1.82, 2.24) is 4.90 Å². The number of nitro benzene ring substituents is 1. The molecule has 10 nitrogen and oxygen atoms in total. The molecule has 0 saturated carbocycles. The first-order valence-electron chi connectivity index (χ1n) is 9.88. The zero-order valence-electron chi connectivity index (χ0n) is 18.1. The molecule has 0 aromatic heterocycles. The summed E-state index contributed by atoms with van der Waals surface area (Å²) >= 11 is 4.14. The maximum atomic E-state index is 12.6. The summed E-state index contributed by atoms with van der Waals surface area (Å²) in [6.45, 7) is 1.39. The number of imide groups is 1.